The summed E-state index contributed by atoms with van der Waals surface area (Å²) >= 11 is 0. The number of benzene rings is 3. The summed E-state index contributed by atoms with van der Waals surface area (Å²) in [4.78, 5) is 0. The maximum absolute atomic E-state index is 6.29. The minimum atomic E-state index is -0.319. The Morgan fingerprint density at radius 1 is 0.935 bits per heavy atom. The molecule has 158 valence electrons. The van der Waals surface area contributed by atoms with Crippen LogP contribution in [0.5, 0.6) is 17.2 Å². The molecule has 0 atom stereocenters. The first-order valence-corrected chi connectivity index (χ1v) is 10.5. The van der Waals surface area contributed by atoms with E-state index in [-0.39, 0.29) is 5.60 Å². The van der Waals surface area contributed by atoms with Gasteiger partial charge in [-0.15, -0.1) is 0 Å². The van der Waals surface area contributed by atoms with Gasteiger partial charge in [-0.2, -0.15) is 0 Å². The molecule has 2 heterocycles. The largest absolute Gasteiger partial charge is 0.493 e. The summed E-state index contributed by atoms with van der Waals surface area (Å²) in [5.74, 6) is 2.37. The zero-order chi connectivity index (χ0) is 21.8. The molecule has 31 heavy (non-hydrogen) atoms. The van der Waals surface area contributed by atoms with Crippen LogP contribution in [0.3, 0.4) is 0 Å². The van der Waals surface area contributed by atoms with E-state index in [4.69, 9.17) is 14.2 Å². The van der Waals surface area contributed by atoms with Crippen molar-refractivity contribution in [3.05, 3.63) is 71.3 Å². The molecule has 4 aromatic rings. The highest BCUT2D eigenvalue weighted by atomic mass is 16.5. The SMILES string of the molecule is COc1cc2c3ccc4c(c3n(Cc3cccc(C)c3)c2cc1OC)C=CC(C)(C)O4. The molecule has 1 aliphatic rings. The van der Waals surface area contributed by atoms with Gasteiger partial charge in [0, 0.05) is 28.9 Å². The van der Waals surface area contributed by atoms with Crippen molar-refractivity contribution in [2.24, 2.45) is 0 Å². The molecule has 4 heteroatoms. The van der Waals surface area contributed by atoms with Crippen molar-refractivity contribution in [2.75, 3.05) is 14.2 Å². The molecule has 0 saturated carbocycles. The average molecular weight is 414 g/mol. The van der Waals surface area contributed by atoms with Crippen LogP contribution in [0.4, 0.5) is 0 Å². The Hall–Kier alpha value is -3.40. The van der Waals surface area contributed by atoms with Crippen LogP contribution in [0, 0.1) is 6.92 Å². The maximum atomic E-state index is 6.29. The standard InChI is InChI=1S/C27H27NO3/c1-17-7-6-8-18(13-17)16-28-22-15-25(30-5)24(29-4)14-21(22)19-9-10-23-20(26(19)28)11-12-27(2,3)31-23/h6-15H,16H2,1-5H3. The van der Waals surface area contributed by atoms with Gasteiger partial charge in [0.2, 0.25) is 0 Å². The first-order chi connectivity index (χ1) is 14.9. The molecule has 0 fully saturated rings. The van der Waals surface area contributed by atoms with Crippen molar-refractivity contribution < 1.29 is 14.2 Å². The van der Waals surface area contributed by atoms with Crippen LogP contribution in [0.2, 0.25) is 0 Å². The molecule has 0 bridgehead atoms. The highest BCUT2D eigenvalue weighted by molar-refractivity contribution is 6.12. The fourth-order valence-corrected chi connectivity index (χ4v) is 4.53. The number of rotatable bonds is 4. The van der Waals surface area contributed by atoms with Gasteiger partial charge in [0.1, 0.15) is 11.4 Å². The average Bonchev–Trinajstić information content (AvgIpc) is 3.04. The molecule has 0 radical (unpaired) electrons. The van der Waals surface area contributed by atoms with Gasteiger partial charge in [0.15, 0.2) is 11.5 Å². The zero-order valence-corrected chi connectivity index (χ0v) is 18.7. The van der Waals surface area contributed by atoms with Crippen molar-refractivity contribution in [3.8, 4) is 17.2 Å². The fraction of sp³-hybridized carbons (Fsp3) is 0.259. The third-order valence-corrected chi connectivity index (χ3v) is 5.98. The maximum Gasteiger partial charge on any atom is 0.162 e. The summed E-state index contributed by atoms with van der Waals surface area (Å²) in [6.45, 7) is 7.04. The summed E-state index contributed by atoms with van der Waals surface area (Å²) in [6, 6.07) is 17.0. The number of methoxy groups -OCH3 is 2. The van der Waals surface area contributed by atoms with Crippen LogP contribution in [-0.4, -0.2) is 24.4 Å². The monoisotopic (exact) mass is 413 g/mol. The van der Waals surface area contributed by atoms with Crippen molar-refractivity contribution in [3.63, 3.8) is 0 Å². The molecular formula is C27H27NO3. The van der Waals surface area contributed by atoms with E-state index in [2.05, 4.69) is 86.0 Å². The van der Waals surface area contributed by atoms with Crippen LogP contribution in [0.15, 0.2) is 54.6 Å². The number of hydrogen-bond acceptors (Lipinski definition) is 3. The van der Waals surface area contributed by atoms with Gasteiger partial charge in [-0.1, -0.05) is 29.8 Å². The van der Waals surface area contributed by atoms with Crippen molar-refractivity contribution in [1.82, 2.24) is 4.57 Å². The first-order valence-electron chi connectivity index (χ1n) is 10.5. The third kappa shape index (κ3) is 3.23. The van der Waals surface area contributed by atoms with Gasteiger partial charge < -0.3 is 18.8 Å². The van der Waals surface area contributed by atoms with Gasteiger partial charge in [-0.05, 0) is 56.7 Å². The van der Waals surface area contributed by atoms with E-state index in [0.29, 0.717) is 0 Å². The number of hydrogen-bond donors (Lipinski definition) is 0. The molecule has 0 unspecified atom stereocenters. The van der Waals surface area contributed by atoms with Crippen LogP contribution < -0.4 is 14.2 Å². The van der Waals surface area contributed by atoms with Crippen molar-refractivity contribution in [1.29, 1.82) is 0 Å². The van der Waals surface area contributed by atoms with E-state index in [1.807, 2.05) is 0 Å². The second kappa shape index (κ2) is 7.09. The molecular weight excluding hydrogens is 386 g/mol. The highest BCUT2D eigenvalue weighted by Crippen LogP contribution is 2.43. The lowest BCUT2D eigenvalue weighted by molar-refractivity contribution is 0.159. The second-order valence-electron chi connectivity index (χ2n) is 8.71. The lowest BCUT2D eigenvalue weighted by Crippen LogP contribution is -2.27. The molecule has 1 aromatic heterocycles. The Bertz CT molecular complexity index is 1340. The predicted molar refractivity (Wildman–Crippen MR) is 127 cm³/mol. The molecule has 0 spiro atoms. The van der Waals surface area contributed by atoms with Gasteiger partial charge in [-0.3, -0.25) is 0 Å². The Morgan fingerprint density at radius 3 is 2.45 bits per heavy atom. The molecule has 4 nitrogen and oxygen atoms in total. The van der Waals surface area contributed by atoms with Crippen LogP contribution in [0.25, 0.3) is 27.9 Å². The summed E-state index contributed by atoms with van der Waals surface area (Å²) in [7, 11) is 3.36. The predicted octanol–water partition coefficient (Wildman–Crippen LogP) is 6.35. The Balaban J connectivity index is 1.85. The van der Waals surface area contributed by atoms with Crippen LogP contribution in [-0.2, 0) is 6.54 Å². The zero-order valence-electron chi connectivity index (χ0n) is 18.7. The van der Waals surface area contributed by atoms with E-state index in [0.717, 1.165) is 45.8 Å². The van der Waals surface area contributed by atoms with Crippen molar-refractivity contribution >= 4 is 27.9 Å². The Morgan fingerprint density at radius 2 is 1.71 bits per heavy atom. The number of fused-ring (bicyclic) bond motifs is 5. The molecule has 3 aromatic carbocycles. The fourth-order valence-electron chi connectivity index (χ4n) is 4.53. The quantitative estimate of drug-likeness (QED) is 0.391. The number of aromatic nitrogens is 1. The van der Waals surface area contributed by atoms with Crippen LogP contribution >= 0.6 is 0 Å². The molecule has 0 amide bonds. The number of aryl methyl sites for hydroxylation is 1. The Kier molecular flexibility index (Phi) is 4.47. The van der Waals surface area contributed by atoms with E-state index < -0.39 is 0 Å². The highest BCUT2D eigenvalue weighted by Gasteiger charge is 2.26. The van der Waals surface area contributed by atoms with Crippen LogP contribution in [0.1, 0.15) is 30.5 Å². The molecule has 0 N–H and O–H groups in total. The lowest BCUT2D eigenvalue weighted by Gasteiger charge is -2.28. The number of nitrogens with zero attached hydrogens (tertiary/aromatic N) is 1. The molecule has 0 saturated heterocycles. The second-order valence-corrected chi connectivity index (χ2v) is 8.71. The Labute approximate surface area is 182 Å². The molecule has 0 aliphatic carbocycles. The minimum absolute atomic E-state index is 0.319. The summed E-state index contributed by atoms with van der Waals surface area (Å²) in [6.07, 6.45) is 4.33. The third-order valence-electron chi connectivity index (χ3n) is 5.98. The topological polar surface area (TPSA) is 32.6 Å². The molecule has 5 rings (SSSR count). The summed E-state index contributed by atoms with van der Waals surface area (Å²) in [5.41, 5.74) is 5.58. The normalized spacial score (nSPS) is 14.5. The van der Waals surface area contributed by atoms with Crippen molar-refractivity contribution in [2.45, 2.75) is 32.9 Å². The molecule has 1 aliphatic heterocycles. The minimum Gasteiger partial charge on any atom is -0.493 e. The van der Waals surface area contributed by atoms with E-state index in [9.17, 15) is 0 Å². The van der Waals surface area contributed by atoms with Gasteiger partial charge >= 0.3 is 0 Å². The summed E-state index contributed by atoms with van der Waals surface area (Å²) < 4.78 is 19.9. The summed E-state index contributed by atoms with van der Waals surface area (Å²) in [5, 5.41) is 2.32. The van der Waals surface area contributed by atoms with E-state index in [1.54, 1.807) is 14.2 Å². The van der Waals surface area contributed by atoms with Gasteiger partial charge in [0.05, 0.1) is 25.3 Å². The van der Waals surface area contributed by atoms with E-state index >= 15 is 0 Å². The number of ether oxygens (including phenoxy) is 3. The lowest BCUT2D eigenvalue weighted by atomic mass is 10.00. The smallest absolute Gasteiger partial charge is 0.162 e. The van der Waals surface area contributed by atoms with Gasteiger partial charge in [0.25, 0.3) is 0 Å². The van der Waals surface area contributed by atoms with Gasteiger partial charge in [-0.25, -0.2) is 0 Å². The van der Waals surface area contributed by atoms with E-state index in [1.165, 1.54) is 16.5 Å². The first kappa shape index (κ1) is 19.6.